The maximum atomic E-state index is 5.62. The molecule has 0 aliphatic rings. The Morgan fingerprint density at radius 3 is 2.14 bits per heavy atom. The topological polar surface area (TPSA) is 69.6 Å². The Hall–Kier alpha value is -1.13. The Labute approximate surface area is 84.7 Å². The van der Waals surface area contributed by atoms with E-state index in [1.165, 1.54) is 0 Å². The molecule has 0 radical (unpaired) electrons. The predicted molar refractivity (Wildman–Crippen MR) is 55.4 cm³/mol. The zero-order valence-corrected chi connectivity index (χ0v) is 9.31. The maximum Gasteiger partial charge on any atom is 0.240 e. The van der Waals surface area contributed by atoms with Gasteiger partial charge >= 0.3 is 0 Å². The second-order valence-corrected chi connectivity index (χ2v) is 4.37. The van der Waals surface area contributed by atoms with Gasteiger partial charge < -0.3 is 5.73 Å². The van der Waals surface area contributed by atoms with Gasteiger partial charge in [-0.05, 0) is 28.2 Å². The third kappa shape index (κ3) is 2.43. The molecule has 1 aromatic rings. The molecule has 1 heterocycles. The first kappa shape index (κ1) is 10.9. The number of nitrogens with zero attached hydrogens (tertiary/aromatic N) is 4. The summed E-state index contributed by atoms with van der Waals surface area (Å²) in [7, 11) is 0. The second-order valence-electron chi connectivity index (χ2n) is 4.37. The molecule has 1 rings (SSSR count). The number of hydrogen-bond acceptors (Lipinski definition) is 4. The van der Waals surface area contributed by atoms with Gasteiger partial charge in [0, 0.05) is 6.54 Å². The van der Waals surface area contributed by atoms with Crippen LogP contribution in [-0.2, 0) is 6.54 Å². The van der Waals surface area contributed by atoms with Crippen LogP contribution < -0.4 is 5.73 Å². The van der Waals surface area contributed by atoms with E-state index in [0.717, 1.165) is 6.54 Å². The summed E-state index contributed by atoms with van der Waals surface area (Å²) in [4.78, 5) is 0. The van der Waals surface area contributed by atoms with Gasteiger partial charge in [-0.3, -0.25) is 0 Å². The third-order valence-corrected chi connectivity index (χ3v) is 2.66. The van der Waals surface area contributed by atoms with Gasteiger partial charge in [-0.1, -0.05) is 32.8 Å². The van der Waals surface area contributed by atoms with Gasteiger partial charge in [0.2, 0.25) is 5.95 Å². The van der Waals surface area contributed by atoms with Crippen molar-refractivity contribution in [2.45, 2.75) is 34.2 Å². The number of nitrogen functional groups attached to an aromatic ring is 1. The molecule has 2 N–H and O–H groups in total. The van der Waals surface area contributed by atoms with Crippen molar-refractivity contribution in [3.63, 3.8) is 0 Å². The predicted octanol–water partition coefficient (Wildman–Crippen LogP) is 1.18. The number of nitrogens with two attached hydrogens (primary N) is 1. The SMILES string of the molecule is CC(C)C(Cn1nnnc1N)C(C)C. The van der Waals surface area contributed by atoms with E-state index in [1.807, 2.05) is 0 Å². The first-order chi connectivity index (χ1) is 6.52. The molecule has 0 fully saturated rings. The van der Waals surface area contributed by atoms with E-state index in [9.17, 15) is 0 Å². The quantitative estimate of drug-likeness (QED) is 0.787. The van der Waals surface area contributed by atoms with Gasteiger partial charge in [0.15, 0.2) is 0 Å². The van der Waals surface area contributed by atoms with E-state index < -0.39 is 0 Å². The highest BCUT2D eigenvalue weighted by molar-refractivity contribution is 5.09. The molecule has 0 aliphatic heterocycles. The fraction of sp³-hybridized carbons (Fsp3) is 0.889. The van der Waals surface area contributed by atoms with Gasteiger partial charge in [-0.25, -0.2) is 4.68 Å². The Kier molecular flexibility index (Phi) is 3.43. The Balaban J connectivity index is 2.70. The molecule has 14 heavy (non-hydrogen) atoms. The van der Waals surface area contributed by atoms with Crippen LogP contribution in [0.15, 0.2) is 0 Å². The highest BCUT2D eigenvalue weighted by atomic mass is 15.6. The van der Waals surface area contributed by atoms with Crippen LogP contribution in [-0.4, -0.2) is 20.2 Å². The van der Waals surface area contributed by atoms with Crippen molar-refractivity contribution in [3.8, 4) is 0 Å². The zero-order valence-electron chi connectivity index (χ0n) is 9.31. The molecule has 80 valence electrons. The highest BCUT2D eigenvalue weighted by Gasteiger charge is 2.19. The van der Waals surface area contributed by atoms with E-state index in [4.69, 9.17) is 5.73 Å². The van der Waals surface area contributed by atoms with E-state index in [-0.39, 0.29) is 0 Å². The standard InChI is InChI=1S/C9H19N5/c1-6(2)8(7(3)4)5-14-9(10)11-12-13-14/h6-8H,5H2,1-4H3,(H2,10,11,13). The monoisotopic (exact) mass is 197 g/mol. The van der Waals surface area contributed by atoms with Crippen molar-refractivity contribution in [1.82, 2.24) is 20.2 Å². The number of tetrazole rings is 1. The van der Waals surface area contributed by atoms with E-state index >= 15 is 0 Å². The Bertz CT molecular complexity index is 270. The highest BCUT2D eigenvalue weighted by Crippen LogP contribution is 2.22. The second kappa shape index (κ2) is 4.39. The minimum atomic E-state index is 0.399. The van der Waals surface area contributed by atoms with Crippen LogP contribution in [0.25, 0.3) is 0 Å². The van der Waals surface area contributed by atoms with Crippen LogP contribution in [0.4, 0.5) is 5.95 Å². The van der Waals surface area contributed by atoms with Crippen molar-refractivity contribution >= 4 is 5.95 Å². The normalized spacial score (nSPS) is 11.9. The third-order valence-electron chi connectivity index (χ3n) is 2.66. The van der Waals surface area contributed by atoms with Gasteiger partial charge in [0.1, 0.15) is 0 Å². The van der Waals surface area contributed by atoms with E-state index in [1.54, 1.807) is 4.68 Å². The van der Waals surface area contributed by atoms with Crippen LogP contribution in [0.2, 0.25) is 0 Å². The minimum absolute atomic E-state index is 0.399. The van der Waals surface area contributed by atoms with Crippen molar-refractivity contribution in [2.75, 3.05) is 5.73 Å². The maximum absolute atomic E-state index is 5.62. The molecule has 0 saturated heterocycles. The fourth-order valence-corrected chi connectivity index (χ4v) is 1.73. The molecule has 0 aromatic carbocycles. The molecule has 0 amide bonds. The summed E-state index contributed by atoms with van der Waals surface area (Å²) in [5.74, 6) is 2.18. The summed E-state index contributed by atoms with van der Waals surface area (Å²) in [6, 6.07) is 0. The number of rotatable bonds is 4. The molecule has 1 aromatic heterocycles. The van der Waals surface area contributed by atoms with Gasteiger partial charge in [-0.15, -0.1) is 0 Å². The molecule has 5 heteroatoms. The van der Waals surface area contributed by atoms with E-state index in [0.29, 0.717) is 23.7 Å². The molecule has 0 atom stereocenters. The molecule has 0 aliphatic carbocycles. The van der Waals surface area contributed by atoms with Gasteiger partial charge in [-0.2, -0.15) is 0 Å². The average Bonchev–Trinajstić information content (AvgIpc) is 2.46. The van der Waals surface area contributed by atoms with Crippen molar-refractivity contribution in [3.05, 3.63) is 0 Å². The molecule has 0 spiro atoms. The smallest absolute Gasteiger partial charge is 0.240 e. The van der Waals surface area contributed by atoms with Crippen LogP contribution >= 0.6 is 0 Å². The van der Waals surface area contributed by atoms with Crippen LogP contribution in [0.5, 0.6) is 0 Å². The van der Waals surface area contributed by atoms with Crippen LogP contribution in [0.3, 0.4) is 0 Å². The summed E-state index contributed by atoms with van der Waals surface area (Å²) >= 11 is 0. The van der Waals surface area contributed by atoms with Crippen molar-refractivity contribution in [2.24, 2.45) is 17.8 Å². The summed E-state index contributed by atoms with van der Waals surface area (Å²) < 4.78 is 1.67. The lowest BCUT2D eigenvalue weighted by Gasteiger charge is -2.24. The summed E-state index contributed by atoms with van der Waals surface area (Å²) in [5, 5.41) is 11.1. The molecular formula is C9H19N5. The van der Waals surface area contributed by atoms with Crippen LogP contribution in [0, 0.1) is 17.8 Å². The zero-order chi connectivity index (χ0) is 10.7. The molecule has 0 unspecified atom stereocenters. The molecule has 0 saturated carbocycles. The number of aromatic nitrogens is 4. The minimum Gasteiger partial charge on any atom is -0.367 e. The van der Waals surface area contributed by atoms with Gasteiger partial charge in [0.25, 0.3) is 0 Å². The van der Waals surface area contributed by atoms with Crippen LogP contribution in [0.1, 0.15) is 27.7 Å². The first-order valence-electron chi connectivity index (χ1n) is 5.04. The summed E-state index contributed by atoms with van der Waals surface area (Å²) in [5.41, 5.74) is 5.62. The average molecular weight is 197 g/mol. The molecule has 0 bridgehead atoms. The number of anilines is 1. The lowest BCUT2D eigenvalue weighted by Crippen LogP contribution is -2.23. The molecule has 5 nitrogen and oxygen atoms in total. The summed E-state index contributed by atoms with van der Waals surface area (Å²) in [6.07, 6.45) is 0. The van der Waals surface area contributed by atoms with Crippen molar-refractivity contribution < 1.29 is 0 Å². The number of hydrogen-bond donors (Lipinski definition) is 1. The lowest BCUT2D eigenvalue weighted by atomic mass is 9.85. The largest absolute Gasteiger partial charge is 0.367 e. The Morgan fingerprint density at radius 2 is 1.79 bits per heavy atom. The fourth-order valence-electron chi connectivity index (χ4n) is 1.73. The Morgan fingerprint density at radius 1 is 1.21 bits per heavy atom. The van der Waals surface area contributed by atoms with Crippen molar-refractivity contribution in [1.29, 1.82) is 0 Å². The lowest BCUT2D eigenvalue weighted by molar-refractivity contribution is 0.242. The molecular weight excluding hydrogens is 178 g/mol. The van der Waals surface area contributed by atoms with E-state index in [2.05, 4.69) is 43.2 Å². The summed E-state index contributed by atoms with van der Waals surface area (Å²) in [6.45, 7) is 9.65. The van der Waals surface area contributed by atoms with Gasteiger partial charge in [0.05, 0.1) is 0 Å². The first-order valence-corrected chi connectivity index (χ1v) is 5.04.